The third kappa shape index (κ3) is 4.86. The van der Waals surface area contributed by atoms with Crippen LogP contribution in [-0.2, 0) is 14.8 Å². The van der Waals surface area contributed by atoms with Gasteiger partial charge in [-0.3, -0.25) is 0 Å². The molecule has 1 aromatic carbocycles. The van der Waals surface area contributed by atoms with Crippen LogP contribution in [0.2, 0.25) is 0 Å². The van der Waals surface area contributed by atoms with Gasteiger partial charge in [-0.1, -0.05) is 19.1 Å². The maximum Gasteiger partial charge on any atom is 0.240 e. The van der Waals surface area contributed by atoms with E-state index in [9.17, 15) is 8.42 Å². The number of sulfonamides is 1. The molecule has 0 aliphatic rings. The maximum absolute atomic E-state index is 12.2. The molecule has 0 bridgehead atoms. The van der Waals surface area contributed by atoms with Gasteiger partial charge in [0.25, 0.3) is 0 Å². The Morgan fingerprint density at radius 3 is 2.60 bits per heavy atom. The normalized spacial score (nSPS) is 15.0. The molecule has 6 heteroatoms. The number of ether oxygens (including phenoxy) is 1. The Labute approximate surface area is 121 Å². The lowest BCUT2D eigenvalue weighted by molar-refractivity contribution is 0.122. The van der Waals surface area contributed by atoms with Crippen LogP contribution in [0, 0.1) is 0 Å². The van der Waals surface area contributed by atoms with E-state index in [0.717, 1.165) is 12.1 Å². The van der Waals surface area contributed by atoms with Crippen LogP contribution in [-0.4, -0.2) is 34.7 Å². The van der Waals surface area contributed by atoms with E-state index in [1.807, 2.05) is 26.8 Å². The van der Waals surface area contributed by atoms with Crippen LogP contribution in [0.4, 0.5) is 0 Å². The Hall–Kier alpha value is -0.950. The molecule has 0 saturated carbocycles. The quantitative estimate of drug-likeness (QED) is 0.766. The van der Waals surface area contributed by atoms with Gasteiger partial charge in [-0.25, -0.2) is 13.1 Å². The molecular formula is C14H24N2O3S. The summed E-state index contributed by atoms with van der Waals surface area (Å²) in [5.74, 6) is 0. The van der Waals surface area contributed by atoms with Gasteiger partial charge in [0.05, 0.1) is 11.0 Å². The monoisotopic (exact) mass is 300 g/mol. The highest BCUT2D eigenvalue weighted by Crippen LogP contribution is 2.17. The van der Waals surface area contributed by atoms with Gasteiger partial charge in [0.15, 0.2) is 0 Å². The lowest BCUT2D eigenvalue weighted by Crippen LogP contribution is -2.31. The molecule has 1 rings (SSSR count). The molecule has 2 atom stereocenters. The van der Waals surface area contributed by atoms with Gasteiger partial charge in [0.2, 0.25) is 10.0 Å². The van der Waals surface area contributed by atoms with Gasteiger partial charge in [-0.05, 0) is 38.1 Å². The summed E-state index contributed by atoms with van der Waals surface area (Å²) in [5, 5.41) is 3.26. The minimum absolute atomic E-state index is 0.119. The lowest BCUT2D eigenvalue weighted by atomic mass is 10.1. The van der Waals surface area contributed by atoms with E-state index in [4.69, 9.17) is 4.74 Å². The topological polar surface area (TPSA) is 67.4 Å². The van der Waals surface area contributed by atoms with Crippen molar-refractivity contribution in [2.45, 2.75) is 37.8 Å². The van der Waals surface area contributed by atoms with Gasteiger partial charge in [0, 0.05) is 19.7 Å². The van der Waals surface area contributed by atoms with Crippen LogP contribution in [0.15, 0.2) is 29.2 Å². The van der Waals surface area contributed by atoms with Crippen molar-refractivity contribution in [3.05, 3.63) is 29.8 Å². The Kier molecular flexibility index (Phi) is 6.61. The van der Waals surface area contributed by atoms with Crippen LogP contribution >= 0.6 is 0 Å². The summed E-state index contributed by atoms with van der Waals surface area (Å²) in [5.41, 5.74) is 0.953. The predicted octanol–water partition coefficient (Wildman–Crippen LogP) is 1.67. The standard InChI is InChI=1S/C14H24N2O3S/c1-5-15-12(3)13-7-6-8-14(9-13)20(17,18)16-10-11(2)19-4/h6-9,11-12,15-16H,5,10H2,1-4H3. The molecule has 0 spiro atoms. The highest BCUT2D eigenvalue weighted by molar-refractivity contribution is 7.89. The molecular weight excluding hydrogens is 276 g/mol. The fraction of sp³-hybridized carbons (Fsp3) is 0.571. The number of hydrogen-bond acceptors (Lipinski definition) is 4. The maximum atomic E-state index is 12.2. The van der Waals surface area contributed by atoms with Gasteiger partial charge in [-0.15, -0.1) is 0 Å². The van der Waals surface area contributed by atoms with Crippen LogP contribution in [0.3, 0.4) is 0 Å². The Morgan fingerprint density at radius 1 is 1.30 bits per heavy atom. The van der Waals surface area contributed by atoms with Crippen molar-refractivity contribution >= 4 is 10.0 Å². The molecule has 2 N–H and O–H groups in total. The Morgan fingerprint density at radius 2 is 2.00 bits per heavy atom. The first-order valence-corrected chi connectivity index (χ1v) is 8.24. The summed E-state index contributed by atoms with van der Waals surface area (Å²) in [6.07, 6.45) is -0.159. The molecule has 0 aliphatic heterocycles. The molecule has 114 valence electrons. The average Bonchev–Trinajstić information content (AvgIpc) is 2.45. The van der Waals surface area contributed by atoms with Crippen LogP contribution < -0.4 is 10.0 Å². The van der Waals surface area contributed by atoms with E-state index in [1.54, 1.807) is 25.3 Å². The van der Waals surface area contributed by atoms with Gasteiger partial charge in [0.1, 0.15) is 0 Å². The summed E-state index contributed by atoms with van der Waals surface area (Å²) in [7, 11) is -1.94. The molecule has 0 heterocycles. The molecule has 2 unspecified atom stereocenters. The molecule has 0 aliphatic carbocycles. The van der Waals surface area contributed by atoms with E-state index in [0.29, 0.717) is 0 Å². The van der Waals surface area contributed by atoms with Crippen LogP contribution in [0.5, 0.6) is 0 Å². The van der Waals surface area contributed by atoms with Crippen molar-refractivity contribution in [2.24, 2.45) is 0 Å². The van der Waals surface area contributed by atoms with E-state index in [-0.39, 0.29) is 23.6 Å². The molecule has 20 heavy (non-hydrogen) atoms. The molecule has 0 amide bonds. The van der Waals surface area contributed by atoms with Crippen molar-refractivity contribution in [1.82, 2.24) is 10.0 Å². The van der Waals surface area contributed by atoms with E-state index in [2.05, 4.69) is 10.0 Å². The predicted molar refractivity (Wildman–Crippen MR) is 80.2 cm³/mol. The SMILES string of the molecule is CCNC(C)c1cccc(S(=O)(=O)NCC(C)OC)c1. The first-order valence-electron chi connectivity index (χ1n) is 6.76. The first kappa shape index (κ1) is 17.1. The van der Waals surface area contributed by atoms with E-state index < -0.39 is 10.0 Å². The van der Waals surface area contributed by atoms with Crippen LogP contribution in [0.25, 0.3) is 0 Å². The lowest BCUT2D eigenvalue weighted by Gasteiger charge is -2.15. The smallest absolute Gasteiger partial charge is 0.240 e. The minimum atomic E-state index is -3.49. The van der Waals surface area contributed by atoms with Crippen molar-refractivity contribution in [3.63, 3.8) is 0 Å². The Bertz CT molecular complexity index is 517. The van der Waals surface area contributed by atoms with Gasteiger partial charge in [-0.2, -0.15) is 0 Å². The highest BCUT2D eigenvalue weighted by Gasteiger charge is 2.16. The zero-order valence-corrected chi connectivity index (χ0v) is 13.3. The van der Waals surface area contributed by atoms with Crippen molar-refractivity contribution < 1.29 is 13.2 Å². The second-order valence-corrected chi connectivity index (χ2v) is 6.52. The summed E-state index contributed by atoms with van der Waals surface area (Å²) >= 11 is 0. The molecule has 1 aromatic rings. The summed E-state index contributed by atoms with van der Waals surface area (Å²) < 4.78 is 32.0. The second kappa shape index (κ2) is 7.73. The first-order chi connectivity index (χ1) is 9.40. The third-order valence-electron chi connectivity index (χ3n) is 3.14. The van der Waals surface area contributed by atoms with Crippen LogP contribution in [0.1, 0.15) is 32.4 Å². The second-order valence-electron chi connectivity index (χ2n) is 4.75. The number of hydrogen-bond donors (Lipinski definition) is 2. The van der Waals surface area contributed by atoms with Crippen molar-refractivity contribution in [1.29, 1.82) is 0 Å². The summed E-state index contributed by atoms with van der Waals surface area (Å²) in [6, 6.07) is 7.10. The van der Waals surface area contributed by atoms with Gasteiger partial charge < -0.3 is 10.1 Å². The zero-order chi connectivity index (χ0) is 15.2. The fourth-order valence-corrected chi connectivity index (χ4v) is 2.94. The number of rotatable bonds is 8. The number of methoxy groups -OCH3 is 1. The largest absolute Gasteiger partial charge is 0.380 e. The zero-order valence-electron chi connectivity index (χ0n) is 12.5. The fourth-order valence-electron chi connectivity index (χ4n) is 1.77. The Balaban J connectivity index is 2.87. The average molecular weight is 300 g/mol. The van der Waals surface area contributed by atoms with Gasteiger partial charge >= 0.3 is 0 Å². The van der Waals surface area contributed by atoms with Crippen molar-refractivity contribution in [2.75, 3.05) is 20.2 Å². The minimum Gasteiger partial charge on any atom is -0.380 e. The molecule has 0 saturated heterocycles. The third-order valence-corrected chi connectivity index (χ3v) is 4.56. The highest BCUT2D eigenvalue weighted by atomic mass is 32.2. The summed E-state index contributed by atoms with van der Waals surface area (Å²) in [6.45, 7) is 6.93. The number of benzene rings is 1. The van der Waals surface area contributed by atoms with Crippen molar-refractivity contribution in [3.8, 4) is 0 Å². The summed E-state index contributed by atoms with van der Waals surface area (Å²) in [4.78, 5) is 0.281. The van der Waals surface area contributed by atoms with E-state index >= 15 is 0 Å². The van der Waals surface area contributed by atoms with E-state index in [1.165, 1.54) is 0 Å². The molecule has 0 aromatic heterocycles. The number of nitrogens with one attached hydrogen (secondary N) is 2. The molecule has 0 fully saturated rings. The molecule has 5 nitrogen and oxygen atoms in total. The molecule has 0 radical (unpaired) electrons.